The summed E-state index contributed by atoms with van der Waals surface area (Å²) in [5, 5.41) is 20.6. The van der Waals surface area contributed by atoms with Crippen molar-refractivity contribution < 1.29 is 32.4 Å². The fourth-order valence-corrected chi connectivity index (χ4v) is 4.19. The number of para-hydroxylation sites is 1. The largest absolute Gasteiger partial charge is 0.573 e. The number of rotatable bonds is 11. The molecule has 1 aromatic heterocycles. The van der Waals surface area contributed by atoms with Crippen LogP contribution in [0.3, 0.4) is 0 Å². The molecule has 0 aliphatic heterocycles. The standard InChI is InChI=1S/C25H33F3N6O5/c1-24(2,3)39-21(35)15-29-18-10-8-16(9-11-18)12-30-22-19(34(36)37)14-32-23(33-22)31-13-17-6-4-5-7-20(17)38-25(26,27)28/h4-7,14,16,18,29H,8-13,15H2,1-3H3,(H2,30,31,32,33). The van der Waals surface area contributed by atoms with E-state index in [1.807, 2.05) is 20.8 Å². The van der Waals surface area contributed by atoms with E-state index in [0.29, 0.717) is 6.54 Å². The third-order valence-electron chi connectivity index (χ3n) is 5.96. The number of nitro groups is 1. The fraction of sp³-hybridized carbons (Fsp3) is 0.560. The molecule has 0 spiro atoms. The molecule has 1 fully saturated rings. The van der Waals surface area contributed by atoms with Crippen molar-refractivity contribution in [2.24, 2.45) is 5.92 Å². The molecule has 2 aromatic rings. The average Bonchev–Trinajstić information content (AvgIpc) is 2.84. The van der Waals surface area contributed by atoms with Crippen molar-refractivity contribution >= 4 is 23.4 Å². The second kappa shape index (κ2) is 12.9. The maximum Gasteiger partial charge on any atom is 0.573 e. The summed E-state index contributed by atoms with van der Waals surface area (Å²) in [6, 6.07) is 5.81. The van der Waals surface area contributed by atoms with Gasteiger partial charge in [-0.05, 0) is 58.4 Å². The van der Waals surface area contributed by atoms with Gasteiger partial charge in [-0.2, -0.15) is 4.98 Å². The summed E-state index contributed by atoms with van der Waals surface area (Å²) < 4.78 is 47.4. The van der Waals surface area contributed by atoms with Crippen molar-refractivity contribution in [3.05, 3.63) is 46.1 Å². The highest BCUT2D eigenvalue weighted by atomic mass is 19.4. The highest BCUT2D eigenvalue weighted by Crippen LogP contribution is 2.29. The summed E-state index contributed by atoms with van der Waals surface area (Å²) >= 11 is 0. The van der Waals surface area contributed by atoms with Gasteiger partial charge in [0.2, 0.25) is 11.8 Å². The summed E-state index contributed by atoms with van der Waals surface area (Å²) in [4.78, 5) is 30.9. The van der Waals surface area contributed by atoms with E-state index in [4.69, 9.17) is 4.74 Å². The van der Waals surface area contributed by atoms with Crippen LogP contribution in [0.15, 0.2) is 30.5 Å². The molecule has 0 unspecified atom stereocenters. The van der Waals surface area contributed by atoms with Crippen molar-refractivity contribution in [3.8, 4) is 5.75 Å². The average molecular weight is 555 g/mol. The first-order valence-electron chi connectivity index (χ1n) is 12.6. The Kier molecular flexibility index (Phi) is 9.89. The third-order valence-corrected chi connectivity index (χ3v) is 5.96. The van der Waals surface area contributed by atoms with Crippen LogP contribution in [-0.4, -0.2) is 52.0 Å². The number of nitrogens with one attached hydrogen (secondary N) is 3. The molecule has 1 saturated carbocycles. The predicted octanol–water partition coefficient (Wildman–Crippen LogP) is 4.80. The minimum Gasteiger partial charge on any atom is -0.459 e. The third kappa shape index (κ3) is 10.2. The number of anilines is 2. The Labute approximate surface area is 224 Å². The normalized spacial score (nSPS) is 17.8. The Hall–Kier alpha value is -3.68. The molecule has 0 saturated heterocycles. The molecule has 3 N–H and O–H groups in total. The van der Waals surface area contributed by atoms with Crippen molar-refractivity contribution in [2.75, 3.05) is 23.7 Å². The van der Waals surface area contributed by atoms with Crippen molar-refractivity contribution in [1.29, 1.82) is 0 Å². The Morgan fingerprint density at radius 1 is 1.13 bits per heavy atom. The molecule has 1 aliphatic carbocycles. The van der Waals surface area contributed by atoms with E-state index in [2.05, 4.69) is 30.7 Å². The smallest absolute Gasteiger partial charge is 0.459 e. The van der Waals surface area contributed by atoms with Gasteiger partial charge in [0.25, 0.3) is 0 Å². The lowest BCUT2D eigenvalue weighted by atomic mass is 9.86. The number of hydrogen-bond acceptors (Lipinski definition) is 10. The summed E-state index contributed by atoms with van der Waals surface area (Å²) in [5.74, 6) is -0.401. The molecule has 39 heavy (non-hydrogen) atoms. The molecule has 1 aromatic carbocycles. The second-order valence-electron chi connectivity index (χ2n) is 10.3. The Bertz CT molecular complexity index is 1130. The van der Waals surface area contributed by atoms with Crippen LogP contribution in [0.5, 0.6) is 5.75 Å². The number of nitrogens with zero attached hydrogens (tertiary/aromatic N) is 3. The molecule has 214 valence electrons. The molecule has 0 atom stereocenters. The van der Waals surface area contributed by atoms with Gasteiger partial charge < -0.3 is 25.4 Å². The van der Waals surface area contributed by atoms with Gasteiger partial charge in [-0.1, -0.05) is 18.2 Å². The number of halogens is 3. The van der Waals surface area contributed by atoms with Crippen LogP contribution in [0, 0.1) is 16.0 Å². The highest BCUT2D eigenvalue weighted by Gasteiger charge is 2.32. The number of hydrogen-bond donors (Lipinski definition) is 3. The number of alkyl halides is 3. The van der Waals surface area contributed by atoms with Gasteiger partial charge in [-0.25, -0.2) is 4.98 Å². The van der Waals surface area contributed by atoms with Crippen LogP contribution in [0.4, 0.5) is 30.6 Å². The van der Waals surface area contributed by atoms with E-state index in [1.165, 1.54) is 18.2 Å². The van der Waals surface area contributed by atoms with Gasteiger partial charge in [0, 0.05) is 24.7 Å². The van der Waals surface area contributed by atoms with Gasteiger partial charge in [0.1, 0.15) is 17.5 Å². The Morgan fingerprint density at radius 2 is 1.82 bits per heavy atom. The molecule has 14 heteroatoms. The number of esters is 1. The molecule has 0 bridgehead atoms. The number of ether oxygens (including phenoxy) is 2. The lowest BCUT2D eigenvalue weighted by Gasteiger charge is -2.29. The highest BCUT2D eigenvalue weighted by molar-refractivity contribution is 5.72. The molecule has 0 amide bonds. The van der Waals surface area contributed by atoms with Gasteiger partial charge in [-0.3, -0.25) is 14.9 Å². The van der Waals surface area contributed by atoms with Gasteiger partial charge in [-0.15, -0.1) is 13.2 Å². The first kappa shape index (κ1) is 29.9. The SMILES string of the molecule is CC(C)(C)OC(=O)CNC1CCC(CNc2nc(NCc3ccccc3OC(F)(F)F)ncc2[N+](=O)[O-])CC1. The van der Waals surface area contributed by atoms with Gasteiger partial charge in [0.15, 0.2) is 0 Å². The first-order chi connectivity index (χ1) is 18.3. The van der Waals surface area contributed by atoms with Crippen molar-refractivity contribution in [1.82, 2.24) is 15.3 Å². The minimum atomic E-state index is -4.84. The number of carbonyl (C=O) groups is 1. The van der Waals surface area contributed by atoms with E-state index >= 15 is 0 Å². The summed E-state index contributed by atoms with van der Waals surface area (Å²) in [6.45, 7) is 5.94. The molecular weight excluding hydrogens is 521 g/mol. The first-order valence-corrected chi connectivity index (χ1v) is 12.6. The molecule has 0 radical (unpaired) electrons. The monoisotopic (exact) mass is 554 g/mol. The Balaban J connectivity index is 1.54. The zero-order chi connectivity index (χ0) is 28.6. The van der Waals surface area contributed by atoms with E-state index in [9.17, 15) is 28.1 Å². The fourth-order valence-electron chi connectivity index (χ4n) is 4.19. The summed E-state index contributed by atoms with van der Waals surface area (Å²) in [7, 11) is 0. The van der Waals surface area contributed by atoms with Crippen LogP contribution >= 0.6 is 0 Å². The molecule has 11 nitrogen and oxygen atoms in total. The maximum atomic E-state index is 12.7. The molecular formula is C25H33F3N6O5. The molecule has 1 heterocycles. The number of aromatic nitrogens is 2. The van der Waals surface area contributed by atoms with Crippen LogP contribution in [-0.2, 0) is 16.1 Å². The van der Waals surface area contributed by atoms with Crippen LogP contribution in [0.2, 0.25) is 0 Å². The number of benzene rings is 1. The quantitative estimate of drug-likeness (QED) is 0.202. The predicted molar refractivity (Wildman–Crippen MR) is 137 cm³/mol. The van der Waals surface area contributed by atoms with Crippen LogP contribution < -0.4 is 20.7 Å². The molecule has 1 aliphatic rings. The summed E-state index contributed by atoms with van der Waals surface area (Å²) in [6.07, 6.45) is -0.421. The Morgan fingerprint density at radius 3 is 2.46 bits per heavy atom. The lowest BCUT2D eigenvalue weighted by molar-refractivity contribution is -0.384. The number of carbonyl (C=O) groups excluding carboxylic acids is 1. The van der Waals surface area contributed by atoms with E-state index in [1.54, 1.807) is 6.07 Å². The minimum absolute atomic E-state index is 0.0139. The molecule has 3 rings (SSSR count). The summed E-state index contributed by atoms with van der Waals surface area (Å²) in [5.41, 5.74) is -0.634. The zero-order valence-electron chi connectivity index (χ0n) is 22.0. The van der Waals surface area contributed by atoms with Crippen molar-refractivity contribution in [3.63, 3.8) is 0 Å². The van der Waals surface area contributed by atoms with Gasteiger partial charge >= 0.3 is 18.0 Å². The van der Waals surface area contributed by atoms with Gasteiger partial charge in [0.05, 0.1) is 11.5 Å². The van der Waals surface area contributed by atoms with E-state index in [0.717, 1.165) is 31.9 Å². The second-order valence-corrected chi connectivity index (χ2v) is 10.3. The zero-order valence-corrected chi connectivity index (χ0v) is 22.0. The van der Waals surface area contributed by atoms with E-state index < -0.39 is 16.9 Å². The topological polar surface area (TPSA) is 141 Å². The van der Waals surface area contributed by atoms with Crippen LogP contribution in [0.1, 0.15) is 52.0 Å². The lowest BCUT2D eigenvalue weighted by Crippen LogP contribution is -2.39. The van der Waals surface area contributed by atoms with Crippen molar-refractivity contribution in [2.45, 2.75) is 71.0 Å². The van der Waals surface area contributed by atoms with E-state index in [-0.39, 0.29) is 59.8 Å². The van der Waals surface area contributed by atoms with Crippen LogP contribution in [0.25, 0.3) is 0 Å². The maximum absolute atomic E-state index is 12.7.